The van der Waals surface area contributed by atoms with Crippen molar-refractivity contribution in [3.05, 3.63) is 52.8 Å². The minimum Gasteiger partial charge on any atom is -0.497 e. The number of benzene rings is 2. The van der Waals surface area contributed by atoms with E-state index in [0.717, 1.165) is 5.56 Å². The number of hydrogen-bond donors (Lipinski definition) is 1. The molecule has 2 N–H and O–H groups in total. The Balaban J connectivity index is 2.57. The van der Waals surface area contributed by atoms with Crippen molar-refractivity contribution in [2.24, 2.45) is 5.73 Å². The predicted molar refractivity (Wildman–Crippen MR) is 71.3 cm³/mol. The highest BCUT2D eigenvalue weighted by Gasteiger charge is 2.10. The zero-order valence-electron chi connectivity index (χ0n) is 9.91. The van der Waals surface area contributed by atoms with Crippen LogP contribution in [-0.4, -0.2) is 7.11 Å². The molecule has 2 aromatic rings. The van der Waals surface area contributed by atoms with Crippen molar-refractivity contribution in [2.75, 3.05) is 7.11 Å². The van der Waals surface area contributed by atoms with Gasteiger partial charge in [-0.3, -0.25) is 0 Å². The molecule has 18 heavy (non-hydrogen) atoms. The summed E-state index contributed by atoms with van der Waals surface area (Å²) in [6, 6.07) is 9.99. The molecular weight excluding hydrogens is 253 g/mol. The molecule has 0 heterocycles. The molecule has 0 saturated heterocycles. The summed E-state index contributed by atoms with van der Waals surface area (Å²) >= 11 is 5.95. The minimum absolute atomic E-state index is 0.331. The highest BCUT2D eigenvalue weighted by molar-refractivity contribution is 6.30. The predicted octanol–water partition coefficient (Wildman–Crippen LogP) is 3.61. The second-order valence-electron chi connectivity index (χ2n) is 3.85. The van der Waals surface area contributed by atoms with Crippen LogP contribution < -0.4 is 10.5 Å². The molecule has 0 aliphatic heterocycles. The molecule has 2 aromatic carbocycles. The fraction of sp³-hybridized carbons (Fsp3) is 0.143. The van der Waals surface area contributed by atoms with Gasteiger partial charge >= 0.3 is 0 Å². The third-order valence-electron chi connectivity index (χ3n) is 2.76. The van der Waals surface area contributed by atoms with Gasteiger partial charge in [0.1, 0.15) is 11.6 Å². The maximum absolute atomic E-state index is 14.0. The molecule has 0 spiro atoms. The van der Waals surface area contributed by atoms with Gasteiger partial charge in [-0.05, 0) is 35.4 Å². The van der Waals surface area contributed by atoms with Gasteiger partial charge in [-0.25, -0.2) is 4.39 Å². The van der Waals surface area contributed by atoms with Crippen LogP contribution in [0.4, 0.5) is 4.39 Å². The Morgan fingerprint density at radius 1 is 1.17 bits per heavy atom. The third kappa shape index (κ3) is 2.47. The van der Waals surface area contributed by atoms with E-state index in [1.807, 2.05) is 0 Å². The van der Waals surface area contributed by atoms with E-state index in [4.69, 9.17) is 22.1 Å². The van der Waals surface area contributed by atoms with E-state index in [0.29, 0.717) is 28.4 Å². The SMILES string of the molecule is COc1ccc(-c2cc(Cl)ccc2CN)c(F)c1. The molecule has 0 atom stereocenters. The average Bonchev–Trinajstić information content (AvgIpc) is 2.38. The summed E-state index contributed by atoms with van der Waals surface area (Å²) in [6.07, 6.45) is 0. The molecule has 0 aliphatic rings. The van der Waals surface area contributed by atoms with E-state index in [-0.39, 0.29) is 5.82 Å². The molecule has 0 bridgehead atoms. The lowest BCUT2D eigenvalue weighted by atomic mass is 9.99. The van der Waals surface area contributed by atoms with Crippen LogP contribution in [0.15, 0.2) is 36.4 Å². The fourth-order valence-electron chi connectivity index (χ4n) is 1.82. The normalized spacial score (nSPS) is 10.4. The summed E-state index contributed by atoms with van der Waals surface area (Å²) < 4.78 is 19.0. The van der Waals surface area contributed by atoms with Crippen LogP contribution >= 0.6 is 11.6 Å². The van der Waals surface area contributed by atoms with Crippen molar-refractivity contribution < 1.29 is 9.13 Å². The lowest BCUT2D eigenvalue weighted by molar-refractivity contribution is 0.411. The summed E-state index contributed by atoms with van der Waals surface area (Å²) in [5, 5.41) is 0.553. The first-order valence-corrected chi connectivity index (χ1v) is 5.86. The Morgan fingerprint density at radius 2 is 1.94 bits per heavy atom. The minimum atomic E-state index is -0.355. The topological polar surface area (TPSA) is 35.2 Å². The third-order valence-corrected chi connectivity index (χ3v) is 2.99. The smallest absolute Gasteiger partial charge is 0.134 e. The van der Waals surface area contributed by atoms with Gasteiger partial charge in [0.25, 0.3) is 0 Å². The molecule has 94 valence electrons. The standard InChI is InChI=1S/C14H13ClFNO/c1-18-11-4-5-12(14(16)7-11)13-6-10(15)3-2-9(13)8-17/h2-7H,8,17H2,1H3. The number of ether oxygens (including phenoxy) is 1. The average molecular weight is 266 g/mol. The molecule has 0 unspecified atom stereocenters. The number of methoxy groups -OCH3 is 1. The van der Waals surface area contributed by atoms with Crippen LogP contribution in [0.2, 0.25) is 5.02 Å². The number of rotatable bonds is 3. The van der Waals surface area contributed by atoms with Gasteiger partial charge in [-0.2, -0.15) is 0 Å². The van der Waals surface area contributed by atoms with Crippen molar-refractivity contribution in [1.82, 2.24) is 0 Å². The van der Waals surface area contributed by atoms with Crippen molar-refractivity contribution in [3.63, 3.8) is 0 Å². The highest BCUT2D eigenvalue weighted by Crippen LogP contribution is 2.30. The molecule has 4 heteroatoms. The van der Waals surface area contributed by atoms with Gasteiger partial charge in [-0.15, -0.1) is 0 Å². The largest absolute Gasteiger partial charge is 0.497 e. The molecule has 0 amide bonds. The van der Waals surface area contributed by atoms with E-state index >= 15 is 0 Å². The van der Waals surface area contributed by atoms with Gasteiger partial charge in [0.15, 0.2) is 0 Å². The molecule has 0 aliphatic carbocycles. The van der Waals surface area contributed by atoms with E-state index in [2.05, 4.69) is 0 Å². The van der Waals surface area contributed by atoms with Crippen LogP contribution in [0, 0.1) is 5.82 Å². The van der Waals surface area contributed by atoms with Gasteiger partial charge in [-0.1, -0.05) is 17.7 Å². The summed E-state index contributed by atoms with van der Waals surface area (Å²) in [5.41, 5.74) is 7.69. The van der Waals surface area contributed by atoms with Gasteiger partial charge in [0, 0.05) is 23.2 Å². The summed E-state index contributed by atoms with van der Waals surface area (Å²) in [6.45, 7) is 0.331. The summed E-state index contributed by atoms with van der Waals surface area (Å²) in [5.74, 6) is 0.124. The van der Waals surface area contributed by atoms with E-state index in [1.165, 1.54) is 13.2 Å². The van der Waals surface area contributed by atoms with Crippen molar-refractivity contribution in [2.45, 2.75) is 6.54 Å². The van der Waals surface area contributed by atoms with Crippen LogP contribution in [0.25, 0.3) is 11.1 Å². The quantitative estimate of drug-likeness (QED) is 0.920. The van der Waals surface area contributed by atoms with Crippen LogP contribution in [0.5, 0.6) is 5.75 Å². The first kappa shape index (κ1) is 12.9. The molecule has 0 saturated carbocycles. The Morgan fingerprint density at radius 3 is 2.56 bits per heavy atom. The highest BCUT2D eigenvalue weighted by atomic mass is 35.5. The van der Waals surface area contributed by atoms with Gasteiger partial charge < -0.3 is 10.5 Å². The number of nitrogens with two attached hydrogens (primary N) is 1. The van der Waals surface area contributed by atoms with Gasteiger partial charge in [0.05, 0.1) is 7.11 Å². The molecule has 0 radical (unpaired) electrons. The number of hydrogen-bond acceptors (Lipinski definition) is 2. The Hall–Kier alpha value is -1.58. The van der Waals surface area contributed by atoms with Crippen LogP contribution in [0.3, 0.4) is 0 Å². The first-order valence-electron chi connectivity index (χ1n) is 5.48. The molecule has 0 aromatic heterocycles. The van der Waals surface area contributed by atoms with Crippen molar-refractivity contribution in [3.8, 4) is 16.9 Å². The molecule has 2 rings (SSSR count). The monoisotopic (exact) mass is 265 g/mol. The fourth-order valence-corrected chi connectivity index (χ4v) is 1.99. The maximum Gasteiger partial charge on any atom is 0.134 e. The summed E-state index contributed by atoms with van der Waals surface area (Å²) in [4.78, 5) is 0. The van der Waals surface area contributed by atoms with E-state index < -0.39 is 0 Å². The molecular formula is C14H13ClFNO. The van der Waals surface area contributed by atoms with Crippen LogP contribution in [0.1, 0.15) is 5.56 Å². The lowest BCUT2D eigenvalue weighted by Crippen LogP contribution is -2.00. The molecule has 2 nitrogen and oxygen atoms in total. The van der Waals surface area contributed by atoms with Crippen molar-refractivity contribution in [1.29, 1.82) is 0 Å². The Labute approximate surface area is 110 Å². The zero-order valence-corrected chi connectivity index (χ0v) is 10.7. The number of halogens is 2. The second kappa shape index (κ2) is 5.38. The maximum atomic E-state index is 14.0. The van der Waals surface area contributed by atoms with E-state index in [1.54, 1.807) is 30.3 Å². The zero-order chi connectivity index (χ0) is 13.1. The summed E-state index contributed by atoms with van der Waals surface area (Å²) in [7, 11) is 1.50. The first-order chi connectivity index (χ1) is 8.65. The Bertz CT molecular complexity index is 572. The molecule has 0 fully saturated rings. The van der Waals surface area contributed by atoms with Crippen molar-refractivity contribution >= 4 is 11.6 Å². The van der Waals surface area contributed by atoms with Crippen LogP contribution in [-0.2, 0) is 6.54 Å². The van der Waals surface area contributed by atoms with Gasteiger partial charge in [0.2, 0.25) is 0 Å². The van der Waals surface area contributed by atoms with E-state index in [9.17, 15) is 4.39 Å². The lowest BCUT2D eigenvalue weighted by Gasteiger charge is -2.10. The Kier molecular flexibility index (Phi) is 3.84. The second-order valence-corrected chi connectivity index (χ2v) is 4.29.